The zero-order valence-corrected chi connectivity index (χ0v) is 15.2. The summed E-state index contributed by atoms with van der Waals surface area (Å²) in [5, 5.41) is 37.5. The maximum absolute atomic E-state index is 11.5. The zero-order valence-electron chi connectivity index (χ0n) is 15.2. The molecule has 0 rings (SSSR count). The lowest BCUT2D eigenvalue weighted by Gasteiger charge is -2.22. The van der Waals surface area contributed by atoms with Crippen LogP contribution in [-0.4, -0.2) is 63.7 Å². The highest BCUT2D eigenvalue weighted by molar-refractivity contribution is 5.75. The summed E-state index contributed by atoms with van der Waals surface area (Å²) < 4.78 is 4.83. The predicted octanol–water partition coefficient (Wildman–Crippen LogP) is 1.09. The number of carbonyl (C=O) groups excluding carboxylic acids is 2. The molecule has 0 fully saturated rings. The van der Waals surface area contributed by atoms with E-state index in [1.807, 2.05) is 0 Å². The number of hydrogen-bond acceptors (Lipinski definition) is 7. The van der Waals surface area contributed by atoms with Gasteiger partial charge in [-0.3, -0.25) is 0 Å². The quantitative estimate of drug-likeness (QED) is 0.184. The third-order valence-corrected chi connectivity index (χ3v) is 4.15. The van der Waals surface area contributed by atoms with Gasteiger partial charge in [0.2, 0.25) is 0 Å². The van der Waals surface area contributed by atoms with E-state index in [2.05, 4.69) is 6.92 Å². The Morgan fingerprint density at radius 3 is 1.80 bits per heavy atom. The van der Waals surface area contributed by atoms with E-state index in [4.69, 9.17) is 9.84 Å². The van der Waals surface area contributed by atoms with Crippen molar-refractivity contribution in [2.24, 2.45) is 0 Å². The molecule has 0 bridgehead atoms. The molecule has 0 aliphatic rings. The van der Waals surface area contributed by atoms with Gasteiger partial charge in [-0.15, -0.1) is 0 Å². The molecule has 0 unspecified atom stereocenters. The van der Waals surface area contributed by atoms with Crippen LogP contribution >= 0.6 is 0 Å². The molecule has 25 heavy (non-hydrogen) atoms. The lowest BCUT2D eigenvalue weighted by Crippen LogP contribution is -2.48. The van der Waals surface area contributed by atoms with E-state index in [-0.39, 0.29) is 12.9 Å². The lowest BCUT2D eigenvalue weighted by atomic mass is 10.0. The molecule has 4 atom stereocenters. The fraction of sp³-hybridized carbons (Fsp3) is 0.889. The summed E-state index contributed by atoms with van der Waals surface area (Å²) >= 11 is 0. The number of carbonyl (C=O) groups is 2. The number of rotatable bonds is 16. The van der Waals surface area contributed by atoms with Crippen LogP contribution < -0.4 is 0 Å². The van der Waals surface area contributed by atoms with E-state index in [9.17, 15) is 24.9 Å². The Morgan fingerprint density at radius 1 is 0.840 bits per heavy atom. The molecule has 0 aromatic carbocycles. The molecule has 0 aliphatic heterocycles. The van der Waals surface area contributed by atoms with E-state index in [1.54, 1.807) is 0 Å². The fourth-order valence-corrected chi connectivity index (χ4v) is 2.46. The number of hydrogen-bond donors (Lipinski definition) is 4. The third kappa shape index (κ3) is 11.3. The molecule has 0 aliphatic carbocycles. The van der Waals surface area contributed by atoms with Crippen LogP contribution in [0, 0.1) is 0 Å². The van der Waals surface area contributed by atoms with E-state index >= 15 is 0 Å². The van der Waals surface area contributed by atoms with Crippen molar-refractivity contribution in [3.05, 3.63) is 0 Å². The molecule has 0 radical (unpaired) electrons. The van der Waals surface area contributed by atoms with E-state index in [1.165, 1.54) is 38.5 Å². The topological polar surface area (TPSA) is 124 Å². The number of aldehydes is 1. The molecular formula is C18H34O7. The van der Waals surface area contributed by atoms with Crippen molar-refractivity contribution >= 4 is 12.3 Å². The van der Waals surface area contributed by atoms with Gasteiger partial charge in [0.05, 0.1) is 6.61 Å². The van der Waals surface area contributed by atoms with Crippen LogP contribution in [0.15, 0.2) is 0 Å². The monoisotopic (exact) mass is 362 g/mol. The van der Waals surface area contributed by atoms with Crippen molar-refractivity contribution < 1.29 is 34.8 Å². The summed E-state index contributed by atoms with van der Waals surface area (Å²) in [7, 11) is 0. The summed E-state index contributed by atoms with van der Waals surface area (Å²) in [5.74, 6) is -1.08. The Hall–Kier alpha value is -1.02. The molecule has 0 aromatic rings. The molecule has 0 heterocycles. The van der Waals surface area contributed by atoms with Crippen molar-refractivity contribution in [2.75, 3.05) is 6.61 Å². The van der Waals surface area contributed by atoms with Crippen LogP contribution in [0.2, 0.25) is 0 Å². The molecule has 0 saturated heterocycles. The van der Waals surface area contributed by atoms with Gasteiger partial charge in [-0.2, -0.15) is 0 Å². The highest BCUT2D eigenvalue weighted by Gasteiger charge is 2.35. The van der Waals surface area contributed by atoms with Gasteiger partial charge in [-0.05, 0) is 6.42 Å². The molecule has 7 nitrogen and oxygen atoms in total. The number of aliphatic hydroxyl groups excluding tert-OH is 4. The van der Waals surface area contributed by atoms with Gasteiger partial charge in [-0.25, -0.2) is 4.79 Å². The number of unbranched alkanes of at least 4 members (excludes halogenated alkanes) is 9. The Morgan fingerprint density at radius 2 is 1.32 bits per heavy atom. The Balaban J connectivity index is 3.67. The first-order valence-corrected chi connectivity index (χ1v) is 9.29. The van der Waals surface area contributed by atoms with E-state index in [0.717, 1.165) is 19.3 Å². The van der Waals surface area contributed by atoms with Gasteiger partial charge < -0.3 is 30.0 Å². The van der Waals surface area contributed by atoms with Crippen LogP contribution in [-0.2, 0) is 14.3 Å². The normalized spacial score (nSPS) is 16.0. The van der Waals surface area contributed by atoms with Crippen molar-refractivity contribution in [1.29, 1.82) is 0 Å². The number of ether oxygens (including phenoxy) is 1. The molecule has 0 aromatic heterocycles. The molecular weight excluding hydrogens is 328 g/mol. The molecule has 0 spiro atoms. The Kier molecular flexibility index (Phi) is 14.6. The lowest BCUT2D eigenvalue weighted by molar-refractivity contribution is -0.169. The first kappa shape index (κ1) is 24.0. The number of aliphatic hydroxyl groups is 4. The SMILES string of the molecule is CCCCCCCCCCCCOC(=O)[C@@H](O)[C@@H](O)[C@H](O)[C@@H](O)C=O. The summed E-state index contributed by atoms with van der Waals surface area (Å²) in [4.78, 5) is 21.9. The first-order chi connectivity index (χ1) is 12.0. The minimum Gasteiger partial charge on any atom is -0.464 e. The van der Waals surface area contributed by atoms with E-state index in [0.29, 0.717) is 6.42 Å². The highest BCUT2D eigenvalue weighted by Crippen LogP contribution is 2.11. The molecule has 4 N–H and O–H groups in total. The average Bonchev–Trinajstić information content (AvgIpc) is 2.63. The van der Waals surface area contributed by atoms with Gasteiger partial charge in [0, 0.05) is 0 Å². The van der Waals surface area contributed by atoms with Gasteiger partial charge in [0.15, 0.2) is 12.4 Å². The summed E-state index contributed by atoms with van der Waals surface area (Å²) in [5.41, 5.74) is 0. The highest BCUT2D eigenvalue weighted by atomic mass is 16.5. The first-order valence-electron chi connectivity index (χ1n) is 9.29. The Labute approximate surface area is 150 Å². The van der Waals surface area contributed by atoms with Gasteiger partial charge in [-0.1, -0.05) is 64.7 Å². The van der Waals surface area contributed by atoms with Crippen LogP contribution in [0.4, 0.5) is 0 Å². The minimum atomic E-state index is -2.01. The largest absolute Gasteiger partial charge is 0.464 e. The smallest absolute Gasteiger partial charge is 0.337 e. The van der Waals surface area contributed by atoms with Crippen molar-refractivity contribution in [1.82, 2.24) is 0 Å². The maximum atomic E-state index is 11.5. The van der Waals surface area contributed by atoms with Gasteiger partial charge >= 0.3 is 5.97 Å². The summed E-state index contributed by atoms with van der Waals surface area (Å²) in [6, 6.07) is 0. The standard InChI is InChI=1S/C18H34O7/c1-2-3-4-5-6-7-8-9-10-11-12-25-18(24)17(23)16(22)15(21)14(20)13-19/h13-17,20-23H,2-12H2,1H3/t14-,15+,16-,17-/m0/s1. The molecule has 0 saturated carbocycles. The minimum absolute atomic E-state index is 0.00967. The second-order valence-corrected chi connectivity index (χ2v) is 6.40. The second kappa shape index (κ2) is 15.3. The Bertz CT molecular complexity index is 348. The van der Waals surface area contributed by atoms with Crippen LogP contribution in [0.1, 0.15) is 71.1 Å². The summed E-state index contributed by atoms with van der Waals surface area (Å²) in [6.45, 7) is 2.31. The van der Waals surface area contributed by atoms with Crippen molar-refractivity contribution in [2.45, 2.75) is 95.5 Å². The maximum Gasteiger partial charge on any atom is 0.337 e. The third-order valence-electron chi connectivity index (χ3n) is 4.15. The van der Waals surface area contributed by atoms with Crippen LogP contribution in [0.25, 0.3) is 0 Å². The molecule has 148 valence electrons. The van der Waals surface area contributed by atoms with Crippen molar-refractivity contribution in [3.63, 3.8) is 0 Å². The number of esters is 1. The van der Waals surface area contributed by atoms with Crippen LogP contribution in [0.3, 0.4) is 0 Å². The van der Waals surface area contributed by atoms with Gasteiger partial charge in [0.25, 0.3) is 0 Å². The molecule has 7 heteroatoms. The second-order valence-electron chi connectivity index (χ2n) is 6.40. The average molecular weight is 362 g/mol. The van der Waals surface area contributed by atoms with E-state index < -0.39 is 30.4 Å². The summed E-state index contributed by atoms with van der Waals surface area (Å²) in [6.07, 6.45) is 3.59. The van der Waals surface area contributed by atoms with Gasteiger partial charge in [0.1, 0.15) is 18.3 Å². The predicted molar refractivity (Wildman–Crippen MR) is 92.9 cm³/mol. The van der Waals surface area contributed by atoms with Crippen LogP contribution in [0.5, 0.6) is 0 Å². The molecule has 0 amide bonds. The van der Waals surface area contributed by atoms with Crippen molar-refractivity contribution in [3.8, 4) is 0 Å². The fourth-order valence-electron chi connectivity index (χ4n) is 2.46. The zero-order chi connectivity index (χ0) is 19.1.